The number of nitrogens with one attached hydrogen (secondary N) is 1. The van der Waals surface area contributed by atoms with E-state index < -0.39 is 5.54 Å². The van der Waals surface area contributed by atoms with Crippen molar-refractivity contribution in [3.63, 3.8) is 0 Å². The Morgan fingerprint density at radius 3 is 2.43 bits per heavy atom. The van der Waals surface area contributed by atoms with Crippen LogP contribution in [0.2, 0.25) is 0 Å². The summed E-state index contributed by atoms with van der Waals surface area (Å²) in [7, 11) is 0. The third-order valence-electron chi connectivity index (χ3n) is 7.92. The SMILES string of the molecule is CCc1ccc(-c2cc3n(n2)C[C@@](C)(C(=O)NC2CCCCC2)N(CCN(CC)CC)C3=O)cc1. The van der Waals surface area contributed by atoms with E-state index in [4.69, 9.17) is 5.10 Å². The van der Waals surface area contributed by atoms with Crippen LogP contribution in [0.1, 0.15) is 75.9 Å². The van der Waals surface area contributed by atoms with Crippen molar-refractivity contribution in [2.75, 3.05) is 26.2 Å². The summed E-state index contributed by atoms with van der Waals surface area (Å²) in [4.78, 5) is 31.6. The third kappa shape index (κ3) is 5.30. The average Bonchev–Trinajstić information content (AvgIpc) is 3.30. The Morgan fingerprint density at radius 1 is 1.11 bits per heavy atom. The second-order valence-electron chi connectivity index (χ2n) is 10.2. The zero-order chi connectivity index (χ0) is 25.0. The highest BCUT2D eigenvalue weighted by molar-refractivity contribution is 6.00. The molecule has 0 spiro atoms. The van der Waals surface area contributed by atoms with Crippen LogP contribution in [0, 0.1) is 0 Å². The van der Waals surface area contributed by atoms with E-state index in [2.05, 4.69) is 55.3 Å². The van der Waals surface area contributed by atoms with Gasteiger partial charge < -0.3 is 15.1 Å². The Labute approximate surface area is 209 Å². The molecular weight excluding hydrogens is 438 g/mol. The number of benzene rings is 1. The minimum absolute atomic E-state index is 0.0627. The van der Waals surface area contributed by atoms with Crippen LogP contribution in [0.3, 0.4) is 0 Å². The fourth-order valence-electron chi connectivity index (χ4n) is 5.41. The van der Waals surface area contributed by atoms with Crippen molar-refractivity contribution in [2.45, 2.75) is 84.3 Å². The van der Waals surface area contributed by atoms with E-state index in [0.29, 0.717) is 18.8 Å². The predicted octanol–water partition coefficient (Wildman–Crippen LogP) is 4.12. The van der Waals surface area contributed by atoms with Gasteiger partial charge in [-0.3, -0.25) is 14.3 Å². The molecule has 0 radical (unpaired) electrons. The number of hydrogen-bond donors (Lipinski definition) is 1. The van der Waals surface area contributed by atoms with Crippen molar-refractivity contribution >= 4 is 11.8 Å². The van der Waals surface area contributed by atoms with Gasteiger partial charge in [0.1, 0.15) is 11.2 Å². The topological polar surface area (TPSA) is 70.5 Å². The fourth-order valence-corrected chi connectivity index (χ4v) is 5.41. The van der Waals surface area contributed by atoms with Crippen molar-refractivity contribution in [3.8, 4) is 11.3 Å². The molecule has 35 heavy (non-hydrogen) atoms. The van der Waals surface area contributed by atoms with Gasteiger partial charge in [-0.15, -0.1) is 0 Å². The summed E-state index contributed by atoms with van der Waals surface area (Å²) in [5, 5.41) is 8.08. The molecule has 2 amide bonds. The Bertz CT molecular complexity index is 1020. The van der Waals surface area contributed by atoms with Crippen molar-refractivity contribution in [1.29, 1.82) is 0 Å². The number of amides is 2. The standard InChI is InChI=1S/C28H41N5O2/c1-5-21-13-15-22(16-14-21)24-19-25-26(34)32(18-17-31(6-2)7-3)28(4,20-33(25)30-24)27(35)29-23-11-9-8-10-12-23/h13-16,19,23H,5-12,17-18,20H2,1-4H3,(H,29,35)/t28-/m0/s1. The molecule has 0 saturated heterocycles. The third-order valence-corrected chi connectivity index (χ3v) is 7.92. The number of rotatable bonds is 9. The second-order valence-corrected chi connectivity index (χ2v) is 10.2. The maximum absolute atomic E-state index is 13.8. The van der Waals surface area contributed by atoms with Crippen LogP contribution in [0.15, 0.2) is 30.3 Å². The van der Waals surface area contributed by atoms with Gasteiger partial charge in [-0.1, -0.05) is 64.3 Å². The first-order chi connectivity index (χ1) is 16.9. The molecule has 2 aromatic rings. The number of aromatic nitrogens is 2. The Morgan fingerprint density at radius 2 is 1.80 bits per heavy atom. The Kier molecular flexibility index (Phi) is 7.95. The zero-order valence-corrected chi connectivity index (χ0v) is 21.8. The predicted molar refractivity (Wildman–Crippen MR) is 139 cm³/mol. The monoisotopic (exact) mass is 479 g/mol. The number of fused-ring (bicyclic) bond motifs is 1. The first-order valence-corrected chi connectivity index (χ1v) is 13.4. The lowest BCUT2D eigenvalue weighted by atomic mass is 9.91. The molecule has 190 valence electrons. The normalized spacial score (nSPS) is 20.8. The van der Waals surface area contributed by atoms with E-state index in [1.165, 1.54) is 12.0 Å². The van der Waals surface area contributed by atoms with Gasteiger partial charge in [0.2, 0.25) is 5.91 Å². The number of carbonyl (C=O) groups excluding carboxylic acids is 2. The van der Waals surface area contributed by atoms with Crippen molar-refractivity contribution in [3.05, 3.63) is 41.6 Å². The lowest BCUT2D eigenvalue weighted by Crippen LogP contribution is -2.66. The number of hydrogen-bond acceptors (Lipinski definition) is 4. The molecule has 1 aromatic heterocycles. The smallest absolute Gasteiger partial charge is 0.273 e. The number of likely N-dealkylation sites (N-methyl/N-ethyl adjacent to an activating group) is 1. The summed E-state index contributed by atoms with van der Waals surface area (Å²) in [6.07, 6.45) is 6.54. The first kappa shape index (κ1) is 25.4. The molecule has 1 fully saturated rings. The van der Waals surface area contributed by atoms with Gasteiger partial charge in [-0.25, -0.2) is 0 Å². The first-order valence-electron chi connectivity index (χ1n) is 13.4. The second kappa shape index (κ2) is 10.9. The molecule has 7 nitrogen and oxygen atoms in total. The summed E-state index contributed by atoms with van der Waals surface area (Å²) < 4.78 is 1.75. The summed E-state index contributed by atoms with van der Waals surface area (Å²) in [6.45, 7) is 11.7. The number of nitrogens with zero attached hydrogens (tertiary/aromatic N) is 4. The summed E-state index contributed by atoms with van der Waals surface area (Å²) in [6, 6.07) is 10.4. The van der Waals surface area contributed by atoms with Gasteiger partial charge in [-0.05, 0) is 50.9 Å². The molecule has 7 heteroatoms. The highest BCUT2D eigenvalue weighted by Crippen LogP contribution is 2.31. The van der Waals surface area contributed by atoms with Crippen molar-refractivity contribution < 1.29 is 9.59 Å². The van der Waals surface area contributed by atoms with Gasteiger partial charge in [0.15, 0.2) is 0 Å². The van der Waals surface area contributed by atoms with E-state index >= 15 is 0 Å². The maximum atomic E-state index is 13.8. The van der Waals surface area contributed by atoms with E-state index in [1.807, 2.05) is 13.0 Å². The maximum Gasteiger partial charge on any atom is 0.273 e. The van der Waals surface area contributed by atoms with Gasteiger partial charge in [-0.2, -0.15) is 5.10 Å². The quantitative estimate of drug-likeness (QED) is 0.587. The molecule has 1 atom stereocenters. The van der Waals surface area contributed by atoms with Crippen LogP contribution in [0.4, 0.5) is 0 Å². The van der Waals surface area contributed by atoms with E-state index in [0.717, 1.165) is 63.0 Å². The molecule has 1 saturated carbocycles. The van der Waals surface area contributed by atoms with Crippen LogP contribution in [0.25, 0.3) is 11.3 Å². The molecule has 4 rings (SSSR count). The molecular formula is C28H41N5O2. The summed E-state index contributed by atoms with van der Waals surface area (Å²) in [5.41, 5.74) is 2.60. The molecule has 0 bridgehead atoms. The largest absolute Gasteiger partial charge is 0.351 e. The van der Waals surface area contributed by atoms with Crippen LogP contribution < -0.4 is 5.32 Å². The fraction of sp³-hybridized carbons (Fsp3) is 0.607. The molecule has 1 N–H and O–H groups in total. The number of carbonyl (C=O) groups is 2. The molecule has 1 aromatic carbocycles. The van der Waals surface area contributed by atoms with E-state index in [9.17, 15) is 9.59 Å². The number of aryl methyl sites for hydroxylation is 1. The molecule has 1 aliphatic heterocycles. The van der Waals surface area contributed by atoms with Gasteiger partial charge in [0, 0.05) is 24.7 Å². The summed E-state index contributed by atoms with van der Waals surface area (Å²) >= 11 is 0. The van der Waals surface area contributed by atoms with E-state index in [-0.39, 0.29) is 17.9 Å². The van der Waals surface area contributed by atoms with Crippen LogP contribution in [-0.4, -0.2) is 69.2 Å². The molecule has 2 aliphatic rings. The Balaban J connectivity index is 1.64. The van der Waals surface area contributed by atoms with Crippen LogP contribution >= 0.6 is 0 Å². The van der Waals surface area contributed by atoms with Gasteiger partial charge >= 0.3 is 0 Å². The highest BCUT2D eigenvalue weighted by atomic mass is 16.2. The van der Waals surface area contributed by atoms with E-state index in [1.54, 1.807) is 9.58 Å². The van der Waals surface area contributed by atoms with Crippen molar-refractivity contribution in [2.24, 2.45) is 0 Å². The highest BCUT2D eigenvalue weighted by Gasteiger charge is 2.48. The lowest BCUT2D eigenvalue weighted by molar-refractivity contribution is -0.134. The minimum atomic E-state index is -0.982. The van der Waals surface area contributed by atoms with Gasteiger partial charge in [0.05, 0.1) is 12.2 Å². The van der Waals surface area contributed by atoms with Crippen LogP contribution in [0.5, 0.6) is 0 Å². The lowest BCUT2D eigenvalue weighted by Gasteiger charge is -2.44. The average molecular weight is 480 g/mol. The summed E-state index contributed by atoms with van der Waals surface area (Å²) in [5.74, 6) is -0.180. The zero-order valence-electron chi connectivity index (χ0n) is 21.8. The minimum Gasteiger partial charge on any atom is -0.351 e. The van der Waals surface area contributed by atoms with Gasteiger partial charge in [0.25, 0.3) is 5.91 Å². The molecule has 0 unspecified atom stereocenters. The Hall–Kier alpha value is -2.67. The van der Waals surface area contributed by atoms with Crippen LogP contribution in [-0.2, 0) is 17.8 Å². The molecule has 2 heterocycles. The van der Waals surface area contributed by atoms with Crippen molar-refractivity contribution in [1.82, 2.24) is 24.9 Å². The molecule has 1 aliphatic carbocycles.